The molecule has 0 aliphatic carbocycles. The van der Waals surface area contributed by atoms with Crippen molar-refractivity contribution in [3.8, 4) is 0 Å². The molecule has 0 radical (unpaired) electrons. The average Bonchev–Trinajstić information content (AvgIpc) is 2.57. The van der Waals surface area contributed by atoms with Crippen LogP contribution in [0.2, 0.25) is 0 Å². The standard InChI is InChI=1S/C8H11N3O/c12-8-6-9-4-5-11(8)7-2-1-3-10-7/h1-3,9-10H,4-6H2. The molecule has 12 heavy (non-hydrogen) atoms. The van der Waals surface area contributed by atoms with Crippen molar-refractivity contribution in [2.24, 2.45) is 0 Å². The first-order chi connectivity index (χ1) is 5.88. The summed E-state index contributed by atoms with van der Waals surface area (Å²) in [6, 6.07) is 3.80. The van der Waals surface area contributed by atoms with Gasteiger partial charge in [-0.2, -0.15) is 0 Å². The lowest BCUT2D eigenvalue weighted by atomic mass is 10.3. The fourth-order valence-corrected chi connectivity index (χ4v) is 1.35. The van der Waals surface area contributed by atoms with Gasteiger partial charge in [0.25, 0.3) is 0 Å². The van der Waals surface area contributed by atoms with E-state index in [0.717, 1.165) is 18.9 Å². The second-order valence-corrected chi connectivity index (χ2v) is 2.78. The number of nitrogens with zero attached hydrogens (tertiary/aromatic N) is 1. The van der Waals surface area contributed by atoms with Gasteiger partial charge in [-0.15, -0.1) is 0 Å². The summed E-state index contributed by atoms with van der Waals surface area (Å²) in [5, 5.41) is 3.02. The molecular weight excluding hydrogens is 154 g/mol. The van der Waals surface area contributed by atoms with Gasteiger partial charge >= 0.3 is 0 Å². The third-order valence-corrected chi connectivity index (χ3v) is 1.96. The van der Waals surface area contributed by atoms with Crippen LogP contribution in [0.1, 0.15) is 0 Å². The minimum Gasteiger partial charge on any atom is -0.348 e. The number of H-pyrrole nitrogens is 1. The van der Waals surface area contributed by atoms with Gasteiger partial charge in [0.2, 0.25) is 5.91 Å². The van der Waals surface area contributed by atoms with Crippen LogP contribution in [0, 0.1) is 0 Å². The summed E-state index contributed by atoms with van der Waals surface area (Å²) in [4.78, 5) is 16.1. The van der Waals surface area contributed by atoms with Crippen molar-refractivity contribution in [1.82, 2.24) is 10.3 Å². The fourth-order valence-electron chi connectivity index (χ4n) is 1.35. The van der Waals surface area contributed by atoms with Gasteiger partial charge in [-0.05, 0) is 12.1 Å². The molecule has 0 atom stereocenters. The van der Waals surface area contributed by atoms with Crippen LogP contribution >= 0.6 is 0 Å². The highest BCUT2D eigenvalue weighted by molar-refractivity contribution is 5.94. The summed E-state index contributed by atoms with van der Waals surface area (Å²) in [6.45, 7) is 2.06. The number of nitrogens with one attached hydrogen (secondary N) is 2. The number of hydrogen-bond acceptors (Lipinski definition) is 2. The maximum atomic E-state index is 11.3. The second-order valence-electron chi connectivity index (χ2n) is 2.78. The van der Waals surface area contributed by atoms with E-state index in [1.807, 2.05) is 18.3 Å². The van der Waals surface area contributed by atoms with Crippen molar-refractivity contribution in [1.29, 1.82) is 0 Å². The minimum atomic E-state index is 0.128. The molecular formula is C8H11N3O. The van der Waals surface area contributed by atoms with Gasteiger partial charge in [-0.25, -0.2) is 0 Å². The van der Waals surface area contributed by atoms with Crippen LogP contribution in [0.4, 0.5) is 5.82 Å². The average molecular weight is 165 g/mol. The van der Waals surface area contributed by atoms with Crippen LogP contribution in [-0.4, -0.2) is 30.5 Å². The summed E-state index contributed by atoms with van der Waals surface area (Å²) in [5.41, 5.74) is 0. The zero-order chi connectivity index (χ0) is 8.39. The summed E-state index contributed by atoms with van der Waals surface area (Å²) < 4.78 is 0. The van der Waals surface area contributed by atoms with E-state index in [1.54, 1.807) is 4.90 Å². The van der Waals surface area contributed by atoms with Crippen molar-refractivity contribution >= 4 is 11.7 Å². The van der Waals surface area contributed by atoms with Crippen LogP contribution in [0.25, 0.3) is 0 Å². The Morgan fingerprint density at radius 3 is 3.08 bits per heavy atom. The zero-order valence-electron chi connectivity index (χ0n) is 6.71. The number of piperazine rings is 1. The maximum absolute atomic E-state index is 11.3. The summed E-state index contributed by atoms with van der Waals surface area (Å²) >= 11 is 0. The summed E-state index contributed by atoms with van der Waals surface area (Å²) in [5.74, 6) is 1.02. The minimum absolute atomic E-state index is 0.128. The SMILES string of the molecule is O=C1CNCCN1c1ccc[nH]1. The number of anilines is 1. The van der Waals surface area contributed by atoms with E-state index in [1.165, 1.54) is 0 Å². The van der Waals surface area contributed by atoms with Crippen molar-refractivity contribution in [3.05, 3.63) is 18.3 Å². The molecule has 0 spiro atoms. The molecule has 1 aromatic rings. The number of aromatic amines is 1. The van der Waals surface area contributed by atoms with Crippen molar-refractivity contribution in [3.63, 3.8) is 0 Å². The highest BCUT2D eigenvalue weighted by atomic mass is 16.2. The Kier molecular flexibility index (Phi) is 1.83. The Balaban J connectivity index is 2.17. The van der Waals surface area contributed by atoms with Gasteiger partial charge in [0, 0.05) is 19.3 Å². The molecule has 64 valence electrons. The summed E-state index contributed by atoms with van der Waals surface area (Å²) in [7, 11) is 0. The van der Waals surface area contributed by atoms with E-state index in [2.05, 4.69) is 10.3 Å². The summed E-state index contributed by atoms with van der Waals surface area (Å²) in [6.07, 6.45) is 1.82. The van der Waals surface area contributed by atoms with Gasteiger partial charge in [-0.3, -0.25) is 9.69 Å². The number of amides is 1. The lowest BCUT2D eigenvalue weighted by molar-refractivity contribution is -0.118. The van der Waals surface area contributed by atoms with Crippen LogP contribution in [0.5, 0.6) is 0 Å². The molecule has 1 fully saturated rings. The Bertz CT molecular complexity index is 268. The molecule has 0 saturated carbocycles. The first kappa shape index (κ1) is 7.36. The predicted molar refractivity (Wildman–Crippen MR) is 46.0 cm³/mol. The monoisotopic (exact) mass is 165 g/mol. The molecule has 1 aliphatic rings. The topological polar surface area (TPSA) is 48.1 Å². The number of carbonyl (C=O) groups excluding carboxylic acids is 1. The highest BCUT2D eigenvalue weighted by Crippen LogP contribution is 2.10. The third-order valence-electron chi connectivity index (χ3n) is 1.96. The van der Waals surface area contributed by atoms with Gasteiger partial charge in [0.05, 0.1) is 6.54 Å². The number of carbonyl (C=O) groups is 1. The van der Waals surface area contributed by atoms with Gasteiger partial charge in [-0.1, -0.05) is 0 Å². The first-order valence-electron chi connectivity index (χ1n) is 4.02. The number of rotatable bonds is 1. The Morgan fingerprint density at radius 2 is 2.42 bits per heavy atom. The van der Waals surface area contributed by atoms with E-state index in [0.29, 0.717) is 6.54 Å². The molecule has 0 aromatic carbocycles. The third kappa shape index (κ3) is 1.21. The molecule has 0 bridgehead atoms. The highest BCUT2D eigenvalue weighted by Gasteiger charge is 2.19. The normalized spacial score (nSPS) is 18.3. The Labute approximate surface area is 70.6 Å². The Morgan fingerprint density at radius 1 is 1.50 bits per heavy atom. The van der Waals surface area contributed by atoms with Crippen molar-refractivity contribution in [2.45, 2.75) is 0 Å². The quantitative estimate of drug-likeness (QED) is 0.613. The molecule has 2 heterocycles. The maximum Gasteiger partial charge on any atom is 0.242 e. The Hall–Kier alpha value is -1.29. The first-order valence-corrected chi connectivity index (χ1v) is 4.02. The van der Waals surface area contributed by atoms with Crippen LogP contribution in [0.3, 0.4) is 0 Å². The van der Waals surface area contributed by atoms with Crippen LogP contribution in [0.15, 0.2) is 18.3 Å². The van der Waals surface area contributed by atoms with Crippen molar-refractivity contribution < 1.29 is 4.79 Å². The lowest BCUT2D eigenvalue weighted by Gasteiger charge is -2.25. The molecule has 1 amide bonds. The molecule has 1 aromatic heterocycles. The van der Waals surface area contributed by atoms with E-state index in [-0.39, 0.29) is 5.91 Å². The van der Waals surface area contributed by atoms with E-state index >= 15 is 0 Å². The molecule has 4 heteroatoms. The number of hydrogen-bond donors (Lipinski definition) is 2. The van der Waals surface area contributed by atoms with E-state index < -0.39 is 0 Å². The smallest absolute Gasteiger partial charge is 0.242 e. The van der Waals surface area contributed by atoms with Crippen LogP contribution < -0.4 is 10.2 Å². The molecule has 2 N–H and O–H groups in total. The molecule has 1 aliphatic heterocycles. The second kappa shape index (κ2) is 2.98. The largest absolute Gasteiger partial charge is 0.348 e. The molecule has 1 saturated heterocycles. The molecule has 0 unspecified atom stereocenters. The van der Waals surface area contributed by atoms with E-state index in [4.69, 9.17) is 0 Å². The lowest BCUT2D eigenvalue weighted by Crippen LogP contribution is -2.48. The molecule has 4 nitrogen and oxygen atoms in total. The zero-order valence-corrected chi connectivity index (χ0v) is 6.71. The van der Waals surface area contributed by atoms with Gasteiger partial charge in [0.15, 0.2) is 0 Å². The van der Waals surface area contributed by atoms with E-state index in [9.17, 15) is 4.79 Å². The van der Waals surface area contributed by atoms with Crippen LogP contribution in [-0.2, 0) is 4.79 Å². The molecule has 2 rings (SSSR count). The van der Waals surface area contributed by atoms with Crippen molar-refractivity contribution in [2.75, 3.05) is 24.5 Å². The fraction of sp³-hybridized carbons (Fsp3) is 0.375. The van der Waals surface area contributed by atoms with Gasteiger partial charge < -0.3 is 10.3 Å². The number of aromatic nitrogens is 1. The predicted octanol–water partition coefficient (Wildman–Crippen LogP) is -0.0491. The van der Waals surface area contributed by atoms with Gasteiger partial charge in [0.1, 0.15) is 5.82 Å².